The number of anilines is 1. The van der Waals surface area contributed by atoms with E-state index >= 15 is 0 Å². The molecule has 1 saturated heterocycles. The second-order valence-electron chi connectivity index (χ2n) is 8.88. The van der Waals surface area contributed by atoms with Gasteiger partial charge in [-0.05, 0) is 31.2 Å². The summed E-state index contributed by atoms with van der Waals surface area (Å²) in [6.45, 7) is 2.12. The number of benzene rings is 1. The SMILES string of the molecule is COc1ccc2cccc([C@@H](O)CN3CC[C@@H](NCc4ccc5c(n4)NC(=O)CS5)[C@H](O)C3)c2n1.Cl.Cl. The standard InChI is InChI=1S/C25H29N5O4S.2ClH/c1-34-23-8-5-15-3-2-4-17(24(15)29-23)19(31)12-30-10-9-18(20(32)13-30)26-11-16-6-7-21-25(27-16)28-22(33)14-35-21;;/h2-8,18-20,26,31-32H,9-14H2,1H3,(H,27,28,33);2*1H/t18-,19+,20-;;/m1../s1. The highest BCUT2D eigenvalue weighted by Crippen LogP contribution is 2.30. The van der Waals surface area contributed by atoms with Gasteiger partial charge in [0.2, 0.25) is 11.8 Å². The number of pyridine rings is 2. The maximum atomic E-state index is 11.6. The van der Waals surface area contributed by atoms with E-state index in [2.05, 4.69) is 25.5 Å². The topological polar surface area (TPSA) is 120 Å². The number of thioether (sulfide) groups is 1. The Balaban J connectivity index is 0.00000190. The fraction of sp³-hybridized carbons (Fsp3) is 0.400. The Labute approximate surface area is 232 Å². The second kappa shape index (κ2) is 13.1. The number of halogens is 2. The molecule has 0 bridgehead atoms. The predicted molar refractivity (Wildman–Crippen MR) is 149 cm³/mol. The lowest BCUT2D eigenvalue weighted by molar-refractivity contribution is -0.113. The number of nitrogens with one attached hydrogen (secondary N) is 2. The molecule has 5 rings (SSSR count). The zero-order chi connectivity index (χ0) is 24.4. The number of piperidine rings is 1. The number of carbonyl (C=O) groups excluding carboxylic acids is 1. The Hall–Kier alpha value is -2.18. The van der Waals surface area contributed by atoms with Gasteiger partial charge in [0.05, 0.1) is 41.2 Å². The number of aliphatic hydroxyl groups excluding tert-OH is 2. The molecule has 2 aromatic heterocycles. The summed E-state index contributed by atoms with van der Waals surface area (Å²) in [6, 6.07) is 13.3. The molecule has 3 atom stereocenters. The number of fused-ring (bicyclic) bond motifs is 2. The molecule has 2 aliphatic heterocycles. The van der Waals surface area contributed by atoms with Crippen molar-refractivity contribution in [2.24, 2.45) is 0 Å². The number of hydrogen-bond donors (Lipinski definition) is 4. The fourth-order valence-electron chi connectivity index (χ4n) is 4.62. The van der Waals surface area contributed by atoms with E-state index in [1.807, 2.05) is 36.4 Å². The van der Waals surface area contributed by atoms with Crippen molar-refractivity contribution in [2.75, 3.05) is 37.8 Å². The molecule has 0 radical (unpaired) electrons. The monoisotopic (exact) mass is 567 g/mol. The number of methoxy groups -OCH3 is 1. The summed E-state index contributed by atoms with van der Waals surface area (Å²) in [7, 11) is 1.57. The van der Waals surface area contributed by atoms with Crippen LogP contribution in [0.25, 0.3) is 10.9 Å². The molecule has 12 heteroatoms. The number of likely N-dealkylation sites (tertiary alicyclic amines) is 1. The number of aliphatic hydroxyl groups is 2. The van der Waals surface area contributed by atoms with Crippen LogP contribution in [0.5, 0.6) is 5.88 Å². The molecule has 9 nitrogen and oxygen atoms in total. The summed E-state index contributed by atoms with van der Waals surface area (Å²) in [4.78, 5) is 23.7. The minimum atomic E-state index is -0.734. The van der Waals surface area contributed by atoms with Crippen LogP contribution in [0.4, 0.5) is 5.82 Å². The van der Waals surface area contributed by atoms with Crippen molar-refractivity contribution < 1.29 is 19.7 Å². The maximum absolute atomic E-state index is 11.6. The molecule has 37 heavy (non-hydrogen) atoms. The lowest BCUT2D eigenvalue weighted by Crippen LogP contribution is -2.53. The van der Waals surface area contributed by atoms with Gasteiger partial charge in [0.25, 0.3) is 0 Å². The molecule has 1 fully saturated rings. The van der Waals surface area contributed by atoms with Gasteiger partial charge in [0, 0.05) is 42.7 Å². The van der Waals surface area contributed by atoms with Gasteiger partial charge >= 0.3 is 0 Å². The minimum Gasteiger partial charge on any atom is -0.481 e. The molecule has 3 aromatic rings. The molecule has 0 saturated carbocycles. The first-order chi connectivity index (χ1) is 17.0. The average molecular weight is 569 g/mol. The Morgan fingerprint density at radius 2 is 2.05 bits per heavy atom. The Kier molecular flexibility index (Phi) is 10.4. The second-order valence-corrected chi connectivity index (χ2v) is 9.89. The number of carbonyl (C=O) groups is 1. The quantitative estimate of drug-likeness (QED) is 0.341. The highest BCUT2D eigenvalue weighted by atomic mass is 35.5. The summed E-state index contributed by atoms with van der Waals surface area (Å²) >= 11 is 1.49. The summed E-state index contributed by atoms with van der Waals surface area (Å²) in [5, 5.41) is 28.9. The first-order valence-electron chi connectivity index (χ1n) is 11.7. The van der Waals surface area contributed by atoms with E-state index in [1.165, 1.54) is 11.8 Å². The van der Waals surface area contributed by atoms with Crippen molar-refractivity contribution in [3.05, 3.63) is 53.7 Å². The molecule has 0 unspecified atom stereocenters. The van der Waals surface area contributed by atoms with Crippen LogP contribution >= 0.6 is 36.6 Å². The molecule has 2 aliphatic rings. The van der Waals surface area contributed by atoms with Crippen LogP contribution in [0.1, 0.15) is 23.8 Å². The van der Waals surface area contributed by atoms with E-state index in [-0.39, 0.29) is 36.8 Å². The van der Waals surface area contributed by atoms with Crippen molar-refractivity contribution >= 4 is 59.2 Å². The number of aromatic nitrogens is 2. The first-order valence-corrected chi connectivity index (χ1v) is 12.7. The van der Waals surface area contributed by atoms with Gasteiger partial charge in [-0.3, -0.25) is 9.69 Å². The van der Waals surface area contributed by atoms with Crippen LogP contribution in [0, 0.1) is 0 Å². The molecular weight excluding hydrogens is 537 g/mol. The summed E-state index contributed by atoms with van der Waals surface area (Å²) in [5.74, 6) is 1.49. The van der Waals surface area contributed by atoms with Crippen molar-refractivity contribution in [3.8, 4) is 5.88 Å². The van der Waals surface area contributed by atoms with Crippen LogP contribution in [0.3, 0.4) is 0 Å². The van der Waals surface area contributed by atoms with Crippen LogP contribution in [-0.2, 0) is 11.3 Å². The highest BCUT2D eigenvalue weighted by Gasteiger charge is 2.29. The molecule has 0 aliphatic carbocycles. The van der Waals surface area contributed by atoms with Crippen molar-refractivity contribution in [2.45, 2.75) is 36.1 Å². The van der Waals surface area contributed by atoms with E-state index < -0.39 is 12.2 Å². The number of para-hydroxylation sites is 1. The van der Waals surface area contributed by atoms with E-state index in [9.17, 15) is 15.0 Å². The summed E-state index contributed by atoms with van der Waals surface area (Å²) in [5.41, 5.74) is 2.29. The average Bonchev–Trinajstić information content (AvgIpc) is 2.87. The summed E-state index contributed by atoms with van der Waals surface area (Å²) < 4.78 is 5.25. The molecular formula is C25H31Cl2N5O4S. The fourth-order valence-corrected chi connectivity index (χ4v) is 5.37. The molecule has 0 spiro atoms. The predicted octanol–water partition coefficient (Wildman–Crippen LogP) is 2.78. The van der Waals surface area contributed by atoms with Crippen LogP contribution in [0.15, 0.2) is 47.4 Å². The van der Waals surface area contributed by atoms with Crippen molar-refractivity contribution in [1.29, 1.82) is 0 Å². The van der Waals surface area contributed by atoms with Gasteiger partial charge in [0.1, 0.15) is 5.82 Å². The van der Waals surface area contributed by atoms with Gasteiger partial charge in [-0.2, -0.15) is 0 Å². The number of rotatable bonds is 7. The van der Waals surface area contributed by atoms with Gasteiger partial charge in [0.15, 0.2) is 0 Å². The third kappa shape index (κ3) is 6.83. The molecule has 4 heterocycles. The van der Waals surface area contributed by atoms with E-state index in [1.54, 1.807) is 13.2 Å². The zero-order valence-corrected chi connectivity index (χ0v) is 22.7. The number of ether oxygens (including phenoxy) is 1. The van der Waals surface area contributed by atoms with Gasteiger partial charge in [-0.25, -0.2) is 9.97 Å². The van der Waals surface area contributed by atoms with Crippen LogP contribution < -0.4 is 15.4 Å². The number of β-amino-alcohol motifs (C(OH)–C–C–N with tert-alkyl or cyclic N) is 2. The lowest BCUT2D eigenvalue weighted by atomic mass is 9.99. The Morgan fingerprint density at radius 1 is 1.22 bits per heavy atom. The molecule has 1 aromatic carbocycles. The minimum absolute atomic E-state index is 0. The summed E-state index contributed by atoms with van der Waals surface area (Å²) in [6.07, 6.45) is -0.565. The molecule has 1 amide bonds. The third-order valence-electron chi connectivity index (χ3n) is 6.47. The van der Waals surface area contributed by atoms with E-state index in [0.717, 1.165) is 40.0 Å². The van der Waals surface area contributed by atoms with Gasteiger partial charge < -0.3 is 25.6 Å². The number of hydrogen-bond acceptors (Lipinski definition) is 9. The zero-order valence-electron chi connectivity index (χ0n) is 20.3. The van der Waals surface area contributed by atoms with Gasteiger partial charge in [-0.1, -0.05) is 18.2 Å². The van der Waals surface area contributed by atoms with Crippen molar-refractivity contribution in [3.63, 3.8) is 0 Å². The normalized spacial score (nSPS) is 20.2. The lowest BCUT2D eigenvalue weighted by Gasteiger charge is -2.37. The smallest absolute Gasteiger partial charge is 0.235 e. The maximum Gasteiger partial charge on any atom is 0.235 e. The first kappa shape index (κ1) is 29.4. The van der Waals surface area contributed by atoms with E-state index in [0.29, 0.717) is 37.1 Å². The highest BCUT2D eigenvalue weighted by molar-refractivity contribution is 8.00. The van der Waals surface area contributed by atoms with Gasteiger partial charge in [-0.15, -0.1) is 36.6 Å². The molecule has 4 N–H and O–H groups in total. The Bertz CT molecular complexity index is 1240. The third-order valence-corrected chi connectivity index (χ3v) is 7.52. The largest absolute Gasteiger partial charge is 0.481 e. The van der Waals surface area contributed by atoms with Crippen molar-refractivity contribution in [1.82, 2.24) is 20.2 Å². The Morgan fingerprint density at radius 3 is 2.84 bits per heavy atom. The molecule has 200 valence electrons. The van der Waals surface area contributed by atoms with Crippen LogP contribution in [0.2, 0.25) is 0 Å². The van der Waals surface area contributed by atoms with Crippen LogP contribution in [-0.4, -0.2) is 75.6 Å². The number of amides is 1. The number of nitrogens with zero attached hydrogens (tertiary/aromatic N) is 3. The van der Waals surface area contributed by atoms with E-state index in [4.69, 9.17) is 4.74 Å².